The molecular formula is C36H21N3O. The van der Waals surface area contributed by atoms with Crippen LogP contribution in [0.5, 0.6) is 0 Å². The first-order chi connectivity index (χ1) is 19.8. The van der Waals surface area contributed by atoms with E-state index in [4.69, 9.17) is 4.42 Å². The summed E-state index contributed by atoms with van der Waals surface area (Å²) in [6.45, 7) is 0. The number of fused-ring (bicyclic) bond motifs is 7. The molecule has 5 aromatic carbocycles. The zero-order valence-electron chi connectivity index (χ0n) is 21.4. The summed E-state index contributed by atoms with van der Waals surface area (Å²) in [5.41, 5.74) is 9.66. The number of aromatic nitrogens is 2. The van der Waals surface area contributed by atoms with Crippen molar-refractivity contribution in [2.75, 3.05) is 0 Å². The number of rotatable bonds is 3. The fraction of sp³-hybridized carbons (Fsp3) is 0. The van der Waals surface area contributed by atoms with E-state index >= 15 is 0 Å². The number of nitrogens with zero attached hydrogens (tertiary/aromatic N) is 3. The number of nitriles is 1. The Morgan fingerprint density at radius 1 is 0.650 bits per heavy atom. The predicted molar refractivity (Wildman–Crippen MR) is 161 cm³/mol. The van der Waals surface area contributed by atoms with Crippen LogP contribution in [0.25, 0.3) is 71.7 Å². The van der Waals surface area contributed by atoms with Crippen molar-refractivity contribution in [2.45, 2.75) is 0 Å². The largest absolute Gasteiger partial charge is 0.456 e. The maximum Gasteiger partial charge on any atom is 0.137 e. The molecule has 4 heteroatoms. The molecule has 40 heavy (non-hydrogen) atoms. The van der Waals surface area contributed by atoms with Crippen molar-refractivity contribution >= 4 is 43.7 Å². The maximum atomic E-state index is 9.69. The van der Waals surface area contributed by atoms with Crippen molar-refractivity contribution < 1.29 is 4.42 Å². The minimum Gasteiger partial charge on any atom is -0.456 e. The number of pyridine rings is 1. The first-order valence-electron chi connectivity index (χ1n) is 13.2. The summed E-state index contributed by atoms with van der Waals surface area (Å²) in [5, 5.41) is 14.3. The van der Waals surface area contributed by atoms with E-state index in [0.717, 1.165) is 60.9 Å². The molecule has 3 aromatic heterocycles. The van der Waals surface area contributed by atoms with Gasteiger partial charge in [0, 0.05) is 39.7 Å². The molecule has 186 valence electrons. The molecule has 0 aliphatic carbocycles. The fourth-order valence-electron chi connectivity index (χ4n) is 6.00. The molecule has 0 N–H and O–H groups in total. The van der Waals surface area contributed by atoms with E-state index in [9.17, 15) is 5.26 Å². The van der Waals surface area contributed by atoms with Gasteiger partial charge in [0.15, 0.2) is 0 Å². The second-order valence-electron chi connectivity index (χ2n) is 9.92. The van der Waals surface area contributed by atoms with Crippen LogP contribution in [0, 0.1) is 11.3 Å². The van der Waals surface area contributed by atoms with E-state index in [0.29, 0.717) is 5.56 Å². The topological polar surface area (TPSA) is 54.8 Å². The summed E-state index contributed by atoms with van der Waals surface area (Å²) in [4.78, 5) is 4.28. The third-order valence-corrected chi connectivity index (χ3v) is 7.75. The third-order valence-electron chi connectivity index (χ3n) is 7.75. The van der Waals surface area contributed by atoms with E-state index in [1.54, 1.807) is 18.5 Å². The highest BCUT2D eigenvalue weighted by Crippen LogP contribution is 2.42. The lowest BCUT2D eigenvalue weighted by Crippen LogP contribution is -1.97. The predicted octanol–water partition coefficient (Wildman–Crippen LogP) is 9.28. The highest BCUT2D eigenvalue weighted by atomic mass is 16.3. The zero-order valence-corrected chi connectivity index (χ0v) is 21.4. The van der Waals surface area contributed by atoms with Crippen LogP contribution in [-0.2, 0) is 0 Å². The van der Waals surface area contributed by atoms with Crippen LogP contribution in [0.3, 0.4) is 0 Å². The lowest BCUT2D eigenvalue weighted by molar-refractivity contribution is 0.669. The van der Waals surface area contributed by atoms with Crippen molar-refractivity contribution in [3.05, 3.63) is 133 Å². The number of para-hydroxylation sites is 3. The van der Waals surface area contributed by atoms with Crippen molar-refractivity contribution in [3.8, 4) is 34.0 Å². The van der Waals surface area contributed by atoms with E-state index in [1.165, 1.54) is 10.8 Å². The Morgan fingerprint density at radius 3 is 2.33 bits per heavy atom. The van der Waals surface area contributed by atoms with Crippen LogP contribution in [0.2, 0.25) is 0 Å². The molecule has 0 atom stereocenters. The van der Waals surface area contributed by atoms with Gasteiger partial charge in [-0.2, -0.15) is 5.26 Å². The molecule has 8 aromatic rings. The molecule has 0 fully saturated rings. The molecule has 8 rings (SSSR count). The Labute approximate surface area is 230 Å². The molecule has 0 saturated heterocycles. The minimum absolute atomic E-state index is 0.608. The van der Waals surface area contributed by atoms with Gasteiger partial charge in [-0.1, -0.05) is 72.8 Å². The van der Waals surface area contributed by atoms with Gasteiger partial charge in [-0.15, -0.1) is 0 Å². The van der Waals surface area contributed by atoms with Crippen molar-refractivity contribution in [1.82, 2.24) is 9.55 Å². The van der Waals surface area contributed by atoms with E-state index < -0.39 is 0 Å². The maximum absolute atomic E-state index is 9.69. The molecule has 0 spiro atoms. The van der Waals surface area contributed by atoms with Crippen molar-refractivity contribution in [2.24, 2.45) is 0 Å². The summed E-state index contributed by atoms with van der Waals surface area (Å²) < 4.78 is 8.68. The average Bonchev–Trinajstić information content (AvgIpc) is 3.57. The lowest BCUT2D eigenvalue weighted by atomic mass is 9.96. The summed E-state index contributed by atoms with van der Waals surface area (Å²) in [6, 6.07) is 42.0. The summed E-state index contributed by atoms with van der Waals surface area (Å²) >= 11 is 0. The highest BCUT2D eigenvalue weighted by Gasteiger charge is 2.20. The smallest absolute Gasteiger partial charge is 0.137 e. The van der Waals surface area contributed by atoms with Crippen molar-refractivity contribution in [1.29, 1.82) is 5.26 Å². The molecule has 0 aliphatic rings. The molecule has 0 unspecified atom stereocenters. The Balaban J connectivity index is 1.46. The van der Waals surface area contributed by atoms with Gasteiger partial charge in [0.1, 0.15) is 11.2 Å². The zero-order chi connectivity index (χ0) is 26.6. The standard InChI is InChI=1S/C36H21N3O/c37-21-25-18-19-38-22-30(25)24-9-7-8-23(20-24)26-10-1-4-13-31(26)39-32-14-5-2-11-27(32)28-16-17-34-35(36(28)39)29-12-3-6-15-33(29)40-34/h1-20,22H. The molecule has 3 heterocycles. The van der Waals surface area contributed by atoms with Crippen LogP contribution in [0.1, 0.15) is 5.56 Å². The monoisotopic (exact) mass is 511 g/mol. The number of benzene rings is 5. The SMILES string of the molecule is N#Cc1ccncc1-c1cccc(-c2ccccc2-n2c3ccccc3c3ccc4oc5ccccc5c4c32)c1. The van der Waals surface area contributed by atoms with Crippen LogP contribution >= 0.6 is 0 Å². The molecule has 0 aliphatic heterocycles. The summed E-state index contributed by atoms with van der Waals surface area (Å²) in [6.07, 6.45) is 3.42. The Kier molecular flexibility index (Phi) is 4.85. The second-order valence-corrected chi connectivity index (χ2v) is 9.92. The van der Waals surface area contributed by atoms with Gasteiger partial charge >= 0.3 is 0 Å². The van der Waals surface area contributed by atoms with Gasteiger partial charge in [0.25, 0.3) is 0 Å². The second kappa shape index (κ2) is 8.69. The molecule has 0 radical (unpaired) electrons. The van der Waals surface area contributed by atoms with E-state index in [2.05, 4.69) is 101 Å². The molecule has 0 amide bonds. The van der Waals surface area contributed by atoms with Gasteiger partial charge < -0.3 is 8.98 Å². The van der Waals surface area contributed by atoms with E-state index in [-0.39, 0.29) is 0 Å². The van der Waals surface area contributed by atoms with Gasteiger partial charge in [-0.05, 0) is 53.6 Å². The molecular weight excluding hydrogens is 490 g/mol. The fourth-order valence-corrected chi connectivity index (χ4v) is 6.00. The van der Waals surface area contributed by atoms with Crippen LogP contribution < -0.4 is 0 Å². The number of furan rings is 1. The number of hydrogen-bond donors (Lipinski definition) is 0. The van der Waals surface area contributed by atoms with Gasteiger partial charge in [0.05, 0.1) is 33.7 Å². The van der Waals surface area contributed by atoms with Gasteiger partial charge in [-0.25, -0.2) is 0 Å². The Morgan fingerprint density at radius 2 is 1.43 bits per heavy atom. The quantitative estimate of drug-likeness (QED) is 0.237. The highest BCUT2D eigenvalue weighted by molar-refractivity contribution is 6.24. The average molecular weight is 512 g/mol. The van der Waals surface area contributed by atoms with Crippen LogP contribution in [-0.4, -0.2) is 9.55 Å². The van der Waals surface area contributed by atoms with Crippen LogP contribution in [0.4, 0.5) is 0 Å². The van der Waals surface area contributed by atoms with E-state index in [1.807, 2.05) is 24.3 Å². The summed E-state index contributed by atoms with van der Waals surface area (Å²) in [5.74, 6) is 0. The molecule has 4 nitrogen and oxygen atoms in total. The normalized spacial score (nSPS) is 11.5. The first-order valence-corrected chi connectivity index (χ1v) is 13.2. The lowest BCUT2D eigenvalue weighted by Gasteiger charge is -2.15. The minimum atomic E-state index is 0.608. The van der Waals surface area contributed by atoms with Gasteiger partial charge in [0.2, 0.25) is 0 Å². The first kappa shape index (κ1) is 22.3. The Hall–Kier alpha value is -5.66. The van der Waals surface area contributed by atoms with Crippen molar-refractivity contribution in [3.63, 3.8) is 0 Å². The van der Waals surface area contributed by atoms with Crippen LogP contribution in [0.15, 0.2) is 132 Å². The Bertz CT molecular complexity index is 2300. The third kappa shape index (κ3) is 3.22. The number of hydrogen-bond acceptors (Lipinski definition) is 3. The molecule has 0 bridgehead atoms. The summed E-state index contributed by atoms with van der Waals surface area (Å²) in [7, 11) is 0. The van der Waals surface area contributed by atoms with Gasteiger partial charge in [-0.3, -0.25) is 4.98 Å². The molecule has 0 saturated carbocycles.